The van der Waals surface area contributed by atoms with Crippen LogP contribution in [0.4, 0.5) is 0 Å². The van der Waals surface area contributed by atoms with Gasteiger partial charge in [0, 0.05) is 11.3 Å². The normalized spacial score (nSPS) is 34.9. The maximum atomic E-state index is 5.97. The molecule has 0 radical (unpaired) electrons. The Balaban J connectivity index is 1.86. The van der Waals surface area contributed by atoms with Crippen LogP contribution in [0.3, 0.4) is 0 Å². The number of rotatable bonds is 3. The average Bonchev–Trinajstić information content (AvgIpc) is 2.69. The van der Waals surface area contributed by atoms with Crippen molar-refractivity contribution in [3.63, 3.8) is 0 Å². The Labute approximate surface area is 92.2 Å². The first-order valence-corrected chi connectivity index (χ1v) is 7.17. The van der Waals surface area contributed by atoms with Crippen molar-refractivity contribution < 1.29 is 0 Å². The van der Waals surface area contributed by atoms with Gasteiger partial charge in [-0.1, -0.05) is 32.1 Å². The standard InChI is InChI=1S/C12H23NS/c13-10-12(7-4-8-14-12)9-11-5-2-1-3-6-11/h11H,1-10,13H2. The van der Waals surface area contributed by atoms with Crippen LogP contribution in [0.5, 0.6) is 0 Å². The van der Waals surface area contributed by atoms with Crippen LogP contribution in [0.1, 0.15) is 51.4 Å². The molecule has 1 saturated carbocycles. The van der Waals surface area contributed by atoms with Gasteiger partial charge < -0.3 is 5.73 Å². The zero-order chi connectivity index (χ0) is 9.86. The molecule has 1 unspecified atom stereocenters. The van der Waals surface area contributed by atoms with Gasteiger partial charge in [-0.15, -0.1) is 0 Å². The first-order valence-electron chi connectivity index (χ1n) is 6.19. The van der Waals surface area contributed by atoms with E-state index >= 15 is 0 Å². The predicted molar refractivity (Wildman–Crippen MR) is 64.7 cm³/mol. The molecule has 0 aromatic carbocycles. The van der Waals surface area contributed by atoms with Crippen molar-refractivity contribution in [1.29, 1.82) is 0 Å². The molecule has 2 heteroatoms. The fourth-order valence-corrected chi connectivity index (χ4v) is 4.56. The minimum Gasteiger partial charge on any atom is -0.329 e. The summed E-state index contributed by atoms with van der Waals surface area (Å²) in [5.74, 6) is 2.35. The third-order valence-electron chi connectivity index (χ3n) is 3.94. The highest BCUT2D eigenvalue weighted by atomic mass is 32.2. The van der Waals surface area contributed by atoms with Crippen LogP contribution >= 0.6 is 11.8 Å². The largest absolute Gasteiger partial charge is 0.329 e. The Hall–Kier alpha value is 0.310. The van der Waals surface area contributed by atoms with Gasteiger partial charge in [0.1, 0.15) is 0 Å². The van der Waals surface area contributed by atoms with Crippen LogP contribution in [0.2, 0.25) is 0 Å². The molecule has 2 N–H and O–H groups in total. The van der Waals surface area contributed by atoms with E-state index < -0.39 is 0 Å². The van der Waals surface area contributed by atoms with E-state index in [-0.39, 0.29) is 0 Å². The summed E-state index contributed by atoms with van der Waals surface area (Å²) in [4.78, 5) is 0. The summed E-state index contributed by atoms with van der Waals surface area (Å²) in [6.45, 7) is 0.911. The molecule has 1 nitrogen and oxygen atoms in total. The highest BCUT2D eigenvalue weighted by Crippen LogP contribution is 2.44. The fraction of sp³-hybridized carbons (Fsp3) is 1.00. The Morgan fingerprint density at radius 3 is 2.50 bits per heavy atom. The Morgan fingerprint density at radius 1 is 1.14 bits per heavy atom. The Morgan fingerprint density at radius 2 is 1.93 bits per heavy atom. The number of hydrogen-bond acceptors (Lipinski definition) is 2. The topological polar surface area (TPSA) is 26.0 Å². The molecular weight excluding hydrogens is 190 g/mol. The molecule has 2 aliphatic rings. The molecule has 0 amide bonds. The van der Waals surface area contributed by atoms with Gasteiger partial charge >= 0.3 is 0 Å². The van der Waals surface area contributed by atoms with Gasteiger partial charge in [-0.25, -0.2) is 0 Å². The zero-order valence-corrected chi connectivity index (χ0v) is 9.95. The lowest BCUT2D eigenvalue weighted by molar-refractivity contribution is 0.302. The van der Waals surface area contributed by atoms with Crippen LogP contribution in [0, 0.1) is 5.92 Å². The number of hydrogen-bond donors (Lipinski definition) is 1. The molecule has 0 spiro atoms. The van der Waals surface area contributed by atoms with Crippen LogP contribution in [-0.2, 0) is 0 Å². The SMILES string of the molecule is NCC1(CC2CCCCC2)CCCS1. The van der Waals surface area contributed by atoms with E-state index in [0.29, 0.717) is 4.75 Å². The monoisotopic (exact) mass is 213 g/mol. The summed E-state index contributed by atoms with van der Waals surface area (Å²) in [5.41, 5.74) is 5.97. The molecule has 1 aliphatic heterocycles. The molecule has 1 saturated heterocycles. The van der Waals surface area contributed by atoms with Gasteiger partial charge in [-0.05, 0) is 30.9 Å². The molecule has 0 aromatic rings. The van der Waals surface area contributed by atoms with Gasteiger partial charge in [0.05, 0.1) is 0 Å². The van der Waals surface area contributed by atoms with E-state index in [4.69, 9.17) is 5.73 Å². The number of nitrogens with two attached hydrogens (primary N) is 1. The summed E-state index contributed by atoms with van der Waals surface area (Å²) < 4.78 is 0.488. The third kappa shape index (κ3) is 2.46. The van der Waals surface area contributed by atoms with E-state index in [9.17, 15) is 0 Å². The predicted octanol–water partition coefficient (Wildman–Crippen LogP) is 3.18. The van der Waals surface area contributed by atoms with Crippen LogP contribution in [-0.4, -0.2) is 17.0 Å². The molecule has 14 heavy (non-hydrogen) atoms. The maximum Gasteiger partial charge on any atom is 0.0285 e. The Kier molecular flexibility index (Phi) is 3.78. The second kappa shape index (κ2) is 4.89. The lowest BCUT2D eigenvalue weighted by Gasteiger charge is -2.33. The van der Waals surface area contributed by atoms with Crippen molar-refractivity contribution in [3.05, 3.63) is 0 Å². The van der Waals surface area contributed by atoms with Crippen molar-refractivity contribution in [2.75, 3.05) is 12.3 Å². The summed E-state index contributed by atoms with van der Waals surface area (Å²) >= 11 is 2.16. The summed E-state index contributed by atoms with van der Waals surface area (Å²) in [7, 11) is 0. The van der Waals surface area contributed by atoms with Crippen LogP contribution in [0.15, 0.2) is 0 Å². The molecule has 82 valence electrons. The van der Waals surface area contributed by atoms with Crippen molar-refractivity contribution in [2.24, 2.45) is 11.7 Å². The smallest absolute Gasteiger partial charge is 0.0285 e. The molecule has 1 aliphatic carbocycles. The minimum atomic E-state index is 0.488. The third-order valence-corrected chi connectivity index (χ3v) is 5.59. The van der Waals surface area contributed by atoms with E-state index in [1.54, 1.807) is 0 Å². The van der Waals surface area contributed by atoms with Gasteiger partial charge in [0.15, 0.2) is 0 Å². The Bertz CT molecular complexity index is 169. The van der Waals surface area contributed by atoms with Gasteiger partial charge in [0.2, 0.25) is 0 Å². The minimum absolute atomic E-state index is 0.488. The van der Waals surface area contributed by atoms with Crippen LogP contribution in [0.25, 0.3) is 0 Å². The van der Waals surface area contributed by atoms with Gasteiger partial charge in [-0.2, -0.15) is 11.8 Å². The summed E-state index contributed by atoms with van der Waals surface area (Å²) in [6.07, 6.45) is 11.5. The van der Waals surface area contributed by atoms with Crippen molar-refractivity contribution in [1.82, 2.24) is 0 Å². The quantitative estimate of drug-likeness (QED) is 0.779. The van der Waals surface area contributed by atoms with E-state index in [1.807, 2.05) is 0 Å². The summed E-state index contributed by atoms with van der Waals surface area (Å²) in [5, 5.41) is 0. The second-order valence-electron chi connectivity index (χ2n) is 5.05. The second-order valence-corrected chi connectivity index (χ2v) is 6.61. The highest BCUT2D eigenvalue weighted by Gasteiger charge is 2.35. The van der Waals surface area contributed by atoms with Gasteiger partial charge in [0.25, 0.3) is 0 Å². The molecule has 0 bridgehead atoms. The average molecular weight is 213 g/mol. The van der Waals surface area contributed by atoms with Crippen LogP contribution < -0.4 is 5.73 Å². The van der Waals surface area contributed by atoms with Gasteiger partial charge in [-0.3, -0.25) is 0 Å². The highest BCUT2D eigenvalue weighted by molar-refractivity contribution is 8.00. The van der Waals surface area contributed by atoms with Crippen molar-refractivity contribution in [2.45, 2.75) is 56.1 Å². The van der Waals surface area contributed by atoms with E-state index in [1.165, 1.54) is 57.1 Å². The summed E-state index contributed by atoms with van der Waals surface area (Å²) in [6, 6.07) is 0. The van der Waals surface area contributed by atoms with Crippen molar-refractivity contribution >= 4 is 11.8 Å². The fourth-order valence-electron chi connectivity index (χ4n) is 3.08. The lowest BCUT2D eigenvalue weighted by Crippen LogP contribution is -2.34. The molecule has 1 atom stereocenters. The van der Waals surface area contributed by atoms with E-state index in [2.05, 4.69) is 11.8 Å². The molecule has 2 rings (SSSR count). The number of thioether (sulfide) groups is 1. The van der Waals surface area contributed by atoms with Crippen molar-refractivity contribution in [3.8, 4) is 0 Å². The van der Waals surface area contributed by atoms with E-state index in [0.717, 1.165) is 12.5 Å². The first kappa shape index (κ1) is 10.8. The molecule has 2 fully saturated rings. The molecule has 0 aromatic heterocycles. The molecule has 1 heterocycles. The first-order chi connectivity index (χ1) is 6.85. The lowest BCUT2D eigenvalue weighted by atomic mass is 9.81. The zero-order valence-electron chi connectivity index (χ0n) is 9.13. The maximum absolute atomic E-state index is 5.97. The molecular formula is C12H23NS.